The topological polar surface area (TPSA) is 109 Å². The van der Waals surface area contributed by atoms with E-state index in [2.05, 4.69) is 15.5 Å². The lowest BCUT2D eigenvalue weighted by molar-refractivity contribution is -0.134. The Bertz CT molecular complexity index is 1140. The van der Waals surface area contributed by atoms with Gasteiger partial charge in [0.25, 0.3) is 5.91 Å². The van der Waals surface area contributed by atoms with E-state index in [-0.39, 0.29) is 53.6 Å². The smallest absolute Gasteiger partial charge is 0.254 e. The van der Waals surface area contributed by atoms with Crippen molar-refractivity contribution in [2.45, 2.75) is 90.4 Å². The Morgan fingerprint density at radius 1 is 1.14 bits per heavy atom. The molecule has 0 bridgehead atoms. The summed E-state index contributed by atoms with van der Waals surface area (Å²) in [7, 11) is 3.25. The van der Waals surface area contributed by atoms with Gasteiger partial charge in [-0.1, -0.05) is 0 Å². The van der Waals surface area contributed by atoms with Crippen LogP contribution in [0.4, 0.5) is 0 Å². The van der Waals surface area contributed by atoms with E-state index in [4.69, 9.17) is 14.2 Å². The van der Waals surface area contributed by atoms with E-state index in [9.17, 15) is 14.4 Å². The number of rotatable bonds is 15. The van der Waals surface area contributed by atoms with Crippen molar-refractivity contribution in [3.05, 3.63) is 23.8 Å². The normalized spacial score (nSPS) is 23.1. The highest BCUT2D eigenvalue weighted by molar-refractivity contribution is 5.95. The highest BCUT2D eigenvalue weighted by Crippen LogP contribution is 2.59. The fraction of sp³-hybridized carbons (Fsp3) is 0.719. The van der Waals surface area contributed by atoms with Gasteiger partial charge in [0.05, 0.1) is 13.7 Å². The van der Waals surface area contributed by atoms with E-state index >= 15 is 0 Å². The van der Waals surface area contributed by atoms with E-state index in [0.717, 1.165) is 38.8 Å². The van der Waals surface area contributed by atoms with E-state index in [1.807, 2.05) is 32.6 Å². The standard InChI is InChI=1S/C32H50N4O6/c1-21(2)35(30(39)23-9-12-26(41-7)27(15-23)42-14-8-13-40-6)19-24-18-33-20-32(24)16-28(32)36(25-10-11-25)29(38)17-31(4,5)34-22(3)37/h9,12,15,21,24-25,28,33H,8,10-11,13-14,16-20H2,1-7H3,(H,34,37). The first-order valence-corrected chi connectivity index (χ1v) is 15.3. The molecule has 1 saturated heterocycles. The second kappa shape index (κ2) is 13.2. The summed E-state index contributed by atoms with van der Waals surface area (Å²) in [5.74, 6) is 1.30. The molecule has 1 spiro atoms. The average molecular weight is 587 g/mol. The number of amides is 3. The quantitative estimate of drug-likeness (QED) is 0.304. The van der Waals surface area contributed by atoms with Crippen molar-refractivity contribution in [3.8, 4) is 11.5 Å². The molecule has 2 saturated carbocycles. The van der Waals surface area contributed by atoms with E-state index in [0.29, 0.717) is 36.8 Å². The molecule has 0 aromatic heterocycles. The van der Waals surface area contributed by atoms with Crippen LogP contribution < -0.4 is 20.1 Å². The predicted molar refractivity (Wildman–Crippen MR) is 161 cm³/mol. The van der Waals surface area contributed by atoms with Crippen LogP contribution in [0.2, 0.25) is 0 Å². The molecule has 3 atom stereocenters. The summed E-state index contributed by atoms with van der Waals surface area (Å²) >= 11 is 0. The van der Waals surface area contributed by atoms with Gasteiger partial charge in [-0.15, -0.1) is 0 Å². The van der Waals surface area contributed by atoms with Crippen molar-refractivity contribution in [1.29, 1.82) is 0 Å². The van der Waals surface area contributed by atoms with Crippen LogP contribution in [0.25, 0.3) is 0 Å². The summed E-state index contributed by atoms with van der Waals surface area (Å²) in [5, 5.41) is 6.51. The van der Waals surface area contributed by atoms with Gasteiger partial charge in [0.2, 0.25) is 11.8 Å². The van der Waals surface area contributed by atoms with Gasteiger partial charge in [0.1, 0.15) is 0 Å². The number of methoxy groups -OCH3 is 2. The van der Waals surface area contributed by atoms with Gasteiger partial charge < -0.3 is 34.6 Å². The lowest BCUT2D eigenvalue weighted by Gasteiger charge is -2.34. The minimum atomic E-state index is -0.600. The van der Waals surface area contributed by atoms with E-state index < -0.39 is 5.54 Å². The van der Waals surface area contributed by atoms with Gasteiger partial charge in [0, 0.05) is 87.8 Å². The Morgan fingerprint density at radius 2 is 1.88 bits per heavy atom. The van der Waals surface area contributed by atoms with Crippen LogP contribution in [0.15, 0.2) is 18.2 Å². The summed E-state index contributed by atoms with van der Waals surface area (Å²) in [6, 6.07) is 5.79. The second-order valence-electron chi connectivity index (χ2n) is 13.2. The Labute approximate surface area is 250 Å². The Morgan fingerprint density at radius 3 is 2.50 bits per heavy atom. The highest BCUT2D eigenvalue weighted by Gasteiger charge is 2.65. The van der Waals surface area contributed by atoms with Crippen LogP contribution in [0, 0.1) is 11.3 Å². The lowest BCUT2D eigenvalue weighted by Crippen LogP contribution is -2.49. The van der Waals surface area contributed by atoms with Gasteiger partial charge in [-0.3, -0.25) is 14.4 Å². The van der Waals surface area contributed by atoms with Crippen molar-refractivity contribution in [3.63, 3.8) is 0 Å². The molecule has 3 aliphatic rings. The van der Waals surface area contributed by atoms with Crippen molar-refractivity contribution in [2.75, 3.05) is 47.1 Å². The Kier molecular flexibility index (Phi) is 10.1. The first-order chi connectivity index (χ1) is 19.9. The summed E-state index contributed by atoms with van der Waals surface area (Å²) in [5.41, 5.74) is -0.0790. The van der Waals surface area contributed by atoms with Crippen molar-refractivity contribution in [1.82, 2.24) is 20.4 Å². The Hall–Kier alpha value is -2.85. The molecule has 0 radical (unpaired) electrons. The molecule has 3 amide bonds. The van der Waals surface area contributed by atoms with Crippen LogP contribution in [-0.4, -0.2) is 98.3 Å². The number of ether oxygens (including phenoxy) is 3. The molecular formula is C32H50N4O6. The molecule has 10 heteroatoms. The van der Waals surface area contributed by atoms with Crippen molar-refractivity contribution < 1.29 is 28.6 Å². The SMILES string of the molecule is COCCCOc1cc(C(=O)N(CC2CNCC23CC3N(C(=O)CC(C)(C)NC(C)=O)C2CC2)C(C)C)ccc1OC. The minimum Gasteiger partial charge on any atom is -0.493 e. The van der Waals surface area contributed by atoms with Crippen LogP contribution in [-0.2, 0) is 14.3 Å². The van der Waals surface area contributed by atoms with E-state index in [1.165, 1.54) is 6.92 Å². The summed E-state index contributed by atoms with van der Waals surface area (Å²) in [6.45, 7) is 12.7. The molecule has 3 fully saturated rings. The molecule has 3 unspecified atom stereocenters. The van der Waals surface area contributed by atoms with E-state index in [1.54, 1.807) is 32.4 Å². The van der Waals surface area contributed by atoms with Crippen molar-refractivity contribution >= 4 is 17.7 Å². The summed E-state index contributed by atoms with van der Waals surface area (Å²) in [6.07, 6.45) is 4.01. The fourth-order valence-electron chi connectivity index (χ4n) is 6.59. The maximum atomic E-state index is 13.9. The molecule has 4 rings (SSSR count). The zero-order valence-electron chi connectivity index (χ0n) is 26.5. The highest BCUT2D eigenvalue weighted by atomic mass is 16.5. The fourth-order valence-corrected chi connectivity index (χ4v) is 6.59. The first kappa shape index (κ1) is 32.1. The summed E-state index contributed by atoms with van der Waals surface area (Å²) in [4.78, 5) is 43.3. The van der Waals surface area contributed by atoms with Crippen LogP contribution in [0.5, 0.6) is 11.5 Å². The molecule has 1 aromatic carbocycles. The third-order valence-electron chi connectivity index (χ3n) is 8.87. The number of hydrogen-bond acceptors (Lipinski definition) is 7. The second-order valence-corrected chi connectivity index (χ2v) is 13.2. The van der Waals surface area contributed by atoms with Crippen LogP contribution in [0.1, 0.15) is 77.1 Å². The average Bonchev–Trinajstić information content (AvgIpc) is 3.83. The largest absolute Gasteiger partial charge is 0.493 e. The monoisotopic (exact) mass is 586 g/mol. The van der Waals surface area contributed by atoms with Gasteiger partial charge in [-0.2, -0.15) is 0 Å². The zero-order chi connectivity index (χ0) is 30.7. The predicted octanol–water partition coefficient (Wildman–Crippen LogP) is 3.24. The minimum absolute atomic E-state index is 0.000134. The number of benzene rings is 1. The number of nitrogens with one attached hydrogen (secondary N) is 2. The molecule has 1 heterocycles. The van der Waals surface area contributed by atoms with Gasteiger partial charge >= 0.3 is 0 Å². The van der Waals surface area contributed by atoms with Crippen LogP contribution >= 0.6 is 0 Å². The number of nitrogens with zero attached hydrogens (tertiary/aromatic N) is 2. The molecule has 234 valence electrons. The molecule has 2 N–H and O–H groups in total. The van der Waals surface area contributed by atoms with Gasteiger partial charge in [-0.05, 0) is 71.1 Å². The number of carbonyl (C=O) groups is 3. The number of carbonyl (C=O) groups excluding carboxylic acids is 3. The molecular weight excluding hydrogens is 536 g/mol. The van der Waals surface area contributed by atoms with Crippen LogP contribution in [0.3, 0.4) is 0 Å². The first-order valence-electron chi connectivity index (χ1n) is 15.3. The molecule has 1 aromatic rings. The number of hydrogen-bond donors (Lipinski definition) is 2. The van der Waals surface area contributed by atoms with Gasteiger partial charge in [0.15, 0.2) is 11.5 Å². The maximum absolute atomic E-state index is 13.9. The third-order valence-corrected chi connectivity index (χ3v) is 8.87. The third kappa shape index (κ3) is 7.37. The molecule has 2 aliphatic carbocycles. The molecule has 10 nitrogen and oxygen atoms in total. The summed E-state index contributed by atoms with van der Waals surface area (Å²) < 4.78 is 16.5. The van der Waals surface area contributed by atoms with Gasteiger partial charge in [-0.25, -0.2) is 0 Å². The maximum Gasteiger partial charge on any atom is 0.254 e. The Balaban J connectivity index is 1.48. The zero-order valence-corrected chi connectivity index (χ0v) is 26.5. The lowest BCUT2D eigenvalue weighted by atomic mass is 9.90. The molecule has 42 heavy (non-hydrogen) atoms. The van der Waals surface area contributed by atoms with Crippen molar-refractivity contribution in [2.24, 2.45) is 11.3 Å². The molecule has 1 aliphatic heterocycles.